The van der Waals surface area contributed by atoms with Crippen LogP contribution in [-0.4, -0.2) is 61.1 Å². The molecule has 154 valence electrons. The van der Waals surface area contributed by atoms with E-state index in [0.717, 1.165) is 38.8 Å². The Balaban J connectivity index is 1.34. The number of carbonyl (C=O) groups is 2. The van der Waals surface area contributed by atoms with E-state index in [1.54, 1.807) is 30.5 Å². The lowest BCUT2D eigenvalue weighted by Crippen LogP contribution is -2.44. The van der Waals surface area contributed by atoms with Crippen LogP contribution in [0.2, 0.25) is 0 Å². The second-order valence-corrected chi connectivity index (χ2v) is 6.75. The van der Waals surface area contributed by atoms with Crippen molar-refractivity contribution in [3.05, 3.63) is 48.7 Å². The summed E-state index contributed by atoms with van der Waals surface area (Å²) in [7, 11) is 0. The number of ether oxygens (including phenoxy) is 2. The average Bonchev–Trinajstić information content (AvgIpc) is 2.75. The van der Waals surface area contributed by atoms with Crippen LogP contribution in [-0.2, 0) is 4.79 Å². The Labute approximate surface area is 170 Å². The Kier molecular flexibility index (Phi) is 7.97. The van der Waals surface area contributed by atoms with E-state index in [-0.39, 0.29) is 5.88 Å². The molecule has 0 saturated carbocycles. The van der Waals surface area contributed by atoms with Crippen molar-refractivity contribution in [1.82, 2.24) is 15.2 Å². The number of pyridine rings is 1. The van der Waals surface area contributed by atoms with E-state index in [1.165, 1.54) is 0 Å². The van der Waals surface area contributed by atoms with E-state index in [9.17, 15) is 9.59 Å². The molecular weight excluding hydrogens is 372 g/mol. The van der Waals surface area contributed by atoms with E-state index < -0.39 is 6.09 Å². The molecule has 0 unspecified atom stereocenters. The molecule has 1 aromatic carbocycles. The summed E-state index contributed by atoms with van der Waals surface area (Å²) >= 11 is 0. The van der Waals surface area contributed by atoms with Gasteiger partial charge >= 0.3 is 6.09 Å². The van der Waals surface area contributed by atoms with Crippen molar-refractivity contribution in [1.29, 1.82) is 0 Å². The van der Waals surface area contributed by atoms with Crippen LogP contribution in [0.5, 0.6) is 11.6 Å². The summed E-state index contributed by atoms with van der Waals surface area (Å²) in [6.45, 7) is 3.79. The molecule has 1 aromatic heterocycles. The van der Waals surface area contributed by atoms with Crippen molar-refractivity contribution in [3.63, 3.8) is 0 Å². The van der Waals surface area contributed by atoms with Gasteiger partial charge in [-0.1, -0.05) is 18.2 Å². The topological polar surface area (TPSA) is 92.8 Å². The SMILES string of the molecule is O=CCNC1CCN(CCOc2ccc(OC(=O)Nc3ccccc3)nc2)CC1. The van der Waals surface area contributed by atoms with Crippen molar-refractivity contribution in [3.8, 4) is 11.6 Å². The molecule has 2 aromatic rings. The van der Waals surface area contributed by atoms with E-state index >= 15 is 0 Å². The number of amides is 1. The van der Waals surface area contributed by atoms with Crippen molar-refractivity contribution in [2.24, 2.45) is 0 Å². The lowest BCUT2D eigenvalue weighted by Gasteiger charge is -2.31. The highest BCUT2D eigenvalue weighted by Crippen LogP contribution is 2.15. The van der Waals surface area contributed by atoms with Gasteiger partial charge in [0.15, 0.2) is 0 Å². The first-order valence-corrected chi connectivity index (χ1v) is 9.75. The van der Waals surface area contributed by atoms with Gasteiger partial charge < -0.3 is 19.6 Å². The number of nitrogens with one attached hydrogen (secondary N) is 2. The Hall–Kier alpha value is -2.97. The van der Waals surface area contributed by atoms with Crippen LogP contribution in [0.3, 0.4) is 0 Å². The van der Waals surface area contributed by atoms with Gasteiger partial charge in [-0.2, -0.15) is 0 Å². The van der Waals surface area contributed by atoms with Gasteiger partial charge in [0.2, 0.25) is 5.88 Å². The van der Waals surface area contributed by atoms with Crippen LogP contribution in [0.25, 0.3) is 0 Å². The molecule has 1 aliphatic heterocycles. The minimum atomic E-state index is -0.594. The minimum absolute atomic E-state index is 0.204. The van der Waals surface area contributed by atoms with Crippen LogP contribution in [0, 0.1) is 0 Å². The lowest BCUT2D eigenvalue weighted by atomic mass is 10.1. The highest BCUT2D eigenvalue weighted by Gasteiger charge is 2.18. The molecule has 0 bridgehead atoms. The number of carbonyl (C=O) groups excluding carboxylic acids is 2. The van der Waals surface area contributed by atoms with Crippen molar-refractivity contribution >= 4 is 18.1 Å². The van der Waals surface area contributed by atoms with Gasteiger partial charge in [-0.05, 0) is 44.1 Å². The van der Waals surface area contributed by atoms with E-state index in [0.29, 0.717) is 30.6 Å². The Bertz CT molecular complexity index is 762. The van der Waals surface area contributed by atoms with Crippen molar-refractivity contribution in [2.75, 3.05) is 38.1 Å². The number of aldehydes is 1. The highest BCUT2D eigenvalue weighted by molar-refractivity contribution is 5.85. The summed E-state index contributed by atoms with van der Waals surface area (Å²) in [6, 6.07) is 12.8. The van der Waals surface area contributed by atoms with Gasteiger partial charge in [-0.25, -0.2) is 9.78 Å². The van der Waals surface area contributed by atoms with Gasteiger partial charge in [-0.15, -0.1) is 0 Å². The summed E-state index contributed by atoms with van der Waals surface area (Å²) < 4.78 is 10.9. The molecule has 1 saturated heterocycles. The number of hydrogen-bond donors (Lipinski definition) is 2. The Morgan fingerprint density at radius 3 is 2.66 bits per heavy atom. The number of aromatic nitrogens is 1. The largest absolute Gasteiger partial charge is 0.491 e. The van der Waals surface area contributed by atoms with Crippen LogP contribution < -0.4 is 20.1 Å². The number of benzene rings is 1. The highest BCUT2D eigenvalue weighted by atomic mass is 16.6. The Morgan fingerprint density at radius 1 is 1.17 bits per heavy atom. The zero-order chi connectivity index (χ0) is 20.3. The molecule has 0 radical (unpaired) electrons. The minimum Gasteiger partial charge on any atom is -0.491 e. The van der Waals surface area contributed by atoms with Gasteiger partial charge in [0, 0.05) is 24.3 Å². The average molecular weight is 398 g/mol. The molecule has 1 fully saturated rings. The quantitative estimate of drug-likeness (QED) is 0.626. The van der Waals surface area contributed by atoms with Gasteiger partial charge in [-0.3, -0.25) is 10.2 Å². The molecule has 3 rings (SSSR count). The molecule has 0 atom stereocenters. The first-order chi connectivity index (χ1) is 14.2. The number of para-hydroxylation sites is 1. The maximum absolute atomic E-state index is 11.9. The predicted molar refractivity (Wildman–Crippen MR) is 109 cm³/mol. The summed E-state index contributed by atoms with van der Waals surface area (Å²) in [5.41, 5.74) is 0.654. The third-order valence-corrected chi connectivity index (χ3v) is 4.68. The molecule has 8 heteroatoms. The fraction of sp³-hybridized carbons (Fsp3) is 0.381. The molecule has 8 nitrogen and oxygen atoms in total. The van der Waals surface area contributed by atoms with E-state index in [1.807, 2.05) is 18.2 Å². The molecular formula is C21H26N4O4. The molecule has 1 aliphatic rings. The van der Waals surface area contributed by atoms with Crippen molar-refractivity contribution in [2.45, 2.75) is 18.9 Å². The number of hydrogen-bond acceptors (Lipinski definition) is 7. The number of nitrogens with zero attached hydrogens (tertiary/aromatic N) is 2. The fourth-order valence-electron chi connectivity index (χ4n) is 3.14. The maximum atomic E-state index is 11.9. The Morgan fingerprint density at radius 2 is 1.97 bits per heavy atom. The molecule has 1 amide bonds. The van der Waals surface area contributed by atoms with Crippen molar-refractivity contribution < 1.29 is 19.1 Å². The van der Waals surface area contributed by atoms with Gasteiger partial charge in [0.05, 0.1) is 12.7 Å². The van der Waals surface area contributed by atoms with E-state index in [2.05, 4.69) is 20.5 Å². The van der Waals surface area contributed by atoms with Crippen LogP contribution >= 0.6 is 0 Å². The van der Waals surface area contributed by atoms with Gasteiger partial charge in [0.25, 0.3) is 0 Å². The van der Waals surface area contributed by atoms with Crippen LogP contribution in [0.1, 0.15) is 12.8 Å². The third kappa shape index (κ3) is 7.17. The summed E-state index contributed by atoms with van der Waals surface area (Å²) in [6.07, 6.45) is 3.92. The molecule has 2 heterocycles. The first-order valence-electron chi connectivity index (χ1n) is 9.75. The smallest absolute Gasteiger partial charge is 0.418 e. The zero-order valence-electron chi connectivity index (χ0n) is 16.3. The summed E-state index contributed by atoms with van der Waals surface area (Å²) in [5, 5.41) is 5.86. The maximum Gasteiger partial charge on any atom is 0.418 e. The number of rotatable bonds is 9. The van der Waals surface area contributed by atoms with Crippen LogP contribution in [0.15, 0.2) is 48.7 Å². The fourth-order valence-corrected chi connectivity index (χ4v) is 3.14. The summed E-state index contributed by atoms with van der Waals surface area (Å²) in [4.78, 5) is 28.7. The van der Waals surface area contributed by atoms with Gasteiger partial charge in [0.1, 0.15) is 18.6 Å². The first kappa shape index (κ1) is 20.8. The normalized spacial score (nSPS) is 14.9. The lowest BCUT2D eigenvalue weighted by molar-refractivity contribution is -0.107. The van der Waals surface area contributed by atoms with E-state index in [4.69, 9.17) is 9.47 Å². The number of anilines is 1. The standard InChI is InChI=1S/C21H26N4O4/c26-14-10-22-17-8-11-25(12-9-17)13-15-28-19-6-7-20(23-16-19)29-21(27)24-18-4-2-1-3-5-18/h1-7,14,16-17,22H,8-13,15H2,(H,24,27). The molecule has 29 heavy (non-hydrogen) atoms. The second-order valence-electron chi connectivity index (χ2n) is 6.75. The number of piperidine rings is 1. The molecule has 0 aliphatic carbocycles. The monoisotopic (exact) mass is 398 g/mol. The summed E-state index contributed by atoms with van der Waals surface area (Å²) in [5.74, 6) is 0.832. The van der Waals surface area contributed by atoms with Crippen LogP contribution in [0.4, 0.5) is 10.5 Å². The third-order valence-electron chi connectivity index (χ3n) is 4.68. The predicted octanol–water partition coefficient (Wildman–Crippen LogP) is 2.32. The zero-order valence-corrected chi connectivity index (χ0v) is 16.3. The number of likely N-dealkylation sites (tertiary alicyclic amines) is 1. The molecule has 0 spiro atoms. The molecule has 2 N–H and O–H groups in total. The second kappa shape index (κ2) is 11.1.